The number of carbonyl (C=O) groups is 1. The molecule has 0 aromatic carbocycles. The number of Topliss-reactive ketones (excluding diaryl/α,β-unsaturated/α-hetero) is 1. The fraction of sp³-hybridized carbons (Fsp3) is 0.667. The highest BCUT2D eigenvalue weighted by atomic mass is 16.1. The normalized spacial score (nSPS) is 9.92. The molecule has 12 heavy (non-hydrogen) atoms. The van der Waals surface area contributed by atoms with Gasteiger partial charge in [-0.2, -0.15) is 0 Å². The van der Waals surface area contributed by atoms with E-state index in [0.29, 0.717) is 18.0 Å². The SMILES string of the molecule is C=C(N)NCCCC(=O)C(C)C. The van der Waals surface area contributed by atoms with Crippen LogP contribution in [0.4, 0.5) is 0 Å². The minimum Gasteiger partial charge on any atom is -0.386 e. The Kier molecular flexibility index (Phi) is 5.17. The van der Waals surface area contributed by atoms with Crippen molar-refractivity contribution in [2.45, 2.75) is 26.7 Å². The van der Waals surface area contributed by atoms with Crippen molar-refractivity contribution >= 4 is 5.78 Å². The molecule has 70 valence electrons. The van der Waals surface area contributed by atoms with Gasteiger partial charge in [0.15, 0.2) is 0 Å². The summed E-state index contributed by atoms with van der Waals surface area (Å²) >= 11 is 0. The average molecular weight is 170 g/mol. The summed E-state index contributed by atoms with van der Waals surface area (Å²) in [6.07, 6.45) is 1.45. The number of ketones is 1. The molecule has 0 heterocycles. The predicted octanol–water partition coefficient (Wildman–Crippen LogP) is 1.01. The van der Waals surface area contributed by atoms with E-state index in [1.165, 1.54) is 0 Å². The molecule has 3 N–H and O–H groups in total. The largest absolute Gasteiger partial charge is 0.386 e. The van der Waals surface area contributed by atoms with Crippen LogP contribution in [-0.4, -0.2) is 12.3 Å². The van der Waals surface area contributed by atoms with Crippen molar-refractivity contribution in [2.75, 3.05) is 6.54 Å². The summed E-state index contributed by atoms with van der Waals surface area (Å²) in [6, 6.07) is 0. The predicted molar refractivity (Wildman–Crippen MR) is 50.4 cm³/mol. The summed E-state index contributed by atoms with van der Waals surface area (Å²) < 4.78 is 0. The number of nitrogens with two attached hydrogens (primary N) is 1. The number of nitrogens with one attached hydrogen (secondary N) is 1. The number of carbonyl (C=O) groups excluding carboxylic acids is 1. The first-order valence-corrected chi connectivity index (χ1v) is 4.25. The molecular formula is C9H18N2O. The highest BCUT2D eigenvalue weighted by Crippen LogP contribution is 2.00. The molecule has 0 unspecified atom stereocenters. The van der Waals surface area contributed by atoms with Gasteiger partial charge in [0.05, 0.1) is 5.82 Å². The van der Waals surface area contributed by atoms with Crippen LogP contribution >= 0.6 is 0 Å². The number of hydrogen-bond donors (Lipinski definition) is 2. The van der Waals surface area contributed by atoms with Gasteiger partial charge in [-0.1, -0.05) is 20.4 Å². The van der Waals surface area contributed by atoms with Crippen molar-refractivity contribution < 1.29 is 4.79 Å². The van der Waals surface area contributed by atoms with E-state index < -0.39 is 0 Å². The molecule has 0 aromatic rings. The Morgan fingerprint density at radius 2 is 2.17 bits per heavy atom. The molecule has 0 bridgehead atoms. The van der Waals surface area contributed by atoms with E-state index in [9.17, 15) is 4.79 Å². The summed E-state index contributed by atoms with van der Waals surface area (Å²) in [5.41, 5.74) is 5.28. The second-order valence-corrected chi connectivity index (χ2v) is 3.18. The van der Waals surface area contributed by atoms with E-state index in [-0.39, 0.29) is 5.92 Å². The molecule has 3 heteroatoms. The second kappa shape index (κ2) is 5.63. The molecule has 0 rings (SSSR count). The van der Waals surface area contributed by atoms with Gasteiger partial charge in [0, 0.05) is 18.9 Å². The highest BCUT2D eigenvalue weighted by Gasteiger charge is 2.05. The van der Waals surface area contributed by atoms with E-state index in [1.807, 2.05) is 13.8 Å². The first-order chi connectivity index (χ1) is 5.54. The average Bonchev–Trinajstić information content (AvgIpc) is 1.97. The molecule has 0 fully saturated rings. The van der Waals surface area contributed by atoms with Crippen LogP contribution in [0.3, 0.4) is 0 Å². The van der Waals surface area contributed by atoms with Crippen LogP contribution in [0.15, 0.2) is 12.4 Å². The fourth-order valence-corrected chi connectivity index (χ4v) is 0.800. The Morgan fingerprint density at radius 3 is 2.58 bits per heavy atom. The van der Waals surface area contributed by atoms with Gasteiger partial charge in [0.2, 0.25) is 0 Å². The summed E-state index contributed by atoms with van der Waals surface area (Å²) in [5, 5.41) is 2.87. The van der Waals surface area contributed by atoms with Gasteiger partial charge in [0.25, 0.3) is 0 Å². The van der Waals surface area contributed by atoms with Crippen molar-refractivity contribution in [3.05, 3.63) is 12.4 Å². The minimum atomic E-state index is 0.145. The van der Waals surface area contributed by atoms with E-state index in [4.69, 9.17) is 5.73 Å². The molecule has 0 saturated carbocycles. The van der Waals surface area contributed by atoms with Gasteiger partial charge in [0.1, 0.15) is 5.78 Å². The number of hydrogen-bond acceptors (Lipinski definition) is 3. The molecule has 0 aliphatic rings. The lowest BCUT2D eigenvalue weighted by atomic mass is 10.1. The van der Waals surface area contributed by atoms with Crippen molar-refractivity contribution in [1.29, 1.82) is 0 Å². The van der Waals surface area contributed by atoms with Gasteiger partial charge in [-0.3, -0.25) is 4.79 Å². The molecule has 0 radical (unpaired) electrons. The summed E-state index contributed by atoms with van der Waals surface area (Å²) in [6.45, 7) is 8.05. The fourth-order valence-electron chi connectivity index (χ4n) is 0.800. The third-order valence-corrected chi connectivity index (χ3v) is 1.60. The monoisotopic (exact) mass is 170 g/mol. The Balaban J connectivity index is 3.32. The van der Waals surface area contributed by atoms with Crippen molar-refractivity contribution in [1.82, 2.24) is 5.32 Å². The van der Waals surface area contributed by atoms with Crippen LogP contribution in [0.2, 0.25) is 0 Å². The zero-order chi connectivity index (χ0) is 9.56. The smallest absolute Gasteiger partial charge is 0.135 e. The molecular weight excluding hydrogens is 152 g/mol. The van der Waals surface area contributed by atoms with Gasteiger partial charge in [-0.15, -0.1) is 0 Å². The quantitative estimate of drug-likeness (QED) is 0.585. The molecule has 0 spiro atoms. The van der Waals surface area contributed by atoms with Crippen molar-refractivity contribution in [3.63, 3.8) is 0 Å². The first kappa shape index (κ1) is 11.0. The third kappa shape index (κ3) is 5.77. The molecule has 0 amide bonds. The van der Waals surface area contributed by atoms with E-state index in [2.05, 4.69) is 11.9 Å². The minimum absolute atomic E-state index is 0.145. The summed E-state index contributed by atoms with van der Waals surface area (Å²) in [7, 11) is 0. The maximum absolute atomic E-state index is 11.1. The highest BCUT2D eigenvalue weighted by molar-refractivity contribution is 5.80. The maximum Gasteiger partial charge on any atom is 0.135 e. The lowest BCUT2D eigenvalue weighted by Gasteiger charge is -2.05. The summed E-state index contributed by atoms with van der Waals surface area (Å²) in [4.78, 5) is 11.1. The molecule has 0 aliphatic heterocycles. The molecule has 0 saturated heterocycles. The van der Waals surface area contributed by atoms with Gasteiger partial charge in [-0.25, -0.2) is 0 Å². The lowest BCUT2D eigenvalue weighted by molar-refractivity contribution is -0.121. The zero-order valence-electron chi connectivity index (χ0n) is 7.89. The molecule has 0 aliphatic carbocycles. The van der Waals surface area contributed by atoms with E-state index >= 15 is 0 Å². The van der Waals surface area contributed by atoms with E-state index in [0.717, 1.165) is 13.0 Å². The third-order valence-electron chi connectivity index (χ3n) is 1.60. The van der Waals surface area contributed by atoms with Crippen LogP contribution in [0, 0.1) is 5.92 Å². The Hall–Kier alpha value is -0.990. The van der Waals surface area contributed by atoms with Gasteiger partial charge in [-0.05, 0) is 6.42 Å². The molecule has 3 nitrogen and oxygen atoms in total. The first-order valence-electron chi connectivity index (χ1n) is 4.25. The van der Waals surface area contributed by atoms with Crippen LogP contribution in [0.25, 0.3) is 0 Å². The zero-order valence-corrected chi connectivity index (χ0v) is 7.89. The topological polar surface area (TPSA) is 55.1 Å². The van der Waals surface area contributed by atoms with Gasteiger partial charge < -0.3 is 11.1 Å². The second-order valence-electron chi connectivity index (χ2n) is 3.18. The lowest BCUT2D eigenvalue weighted by Crippen LogP contribution is -2.20. The van der Waals surface area contributed by atoms with E-state index in [1.54, 1.807) is 0 Å². The van der Waals surface area contributed by atoms with Crippen molar-refractivity contribution in [2.24, 2.45) is 11.7 Å². The maximum atomic E-state index is 11.1. The molecule has 0 atom stereocenters. The summed E-state index contributed by atoms with van der Waals surface area (Å²) in [5.74, 6) is 0.914. The van der Waals surface area contributed by atoms with Crippen LogP contribution in [0.1, 0.15) is 26.7 Å². The van der Waals surface area contributed by atoms with Crippen LogP contribution in [-0.2, 0) is 4.79 Å². The Bertz CT molecular complexity index is 164. The van der Waals surface area contributed by atoms with Crippen LogP contribution < -0.4 is 11.1 Å². The number of rotatable bonds is 6. The molecule has 0 aromatic heterocycles. The Labute approximate surface area is 74.0 Å². The van der Waals surface area contributed by atoms with Crippen molar-refractivity contribution in [3.8, 4) is 0 Å². The van der Waals surface area contributed by atoms with Crippen LogP contribution in [0.5, 0.6) is 0 Å². The standard InChI is InChI=1S/C9H18N2O/c1-7(2)9(12)5-4-6-11-8(3)10/h7,11H,3-6,10H2,1-2H3. The Morgan fingerprint density at radius 1 is 1.58 bits per heavy atom. The van der Waals surface area contributed by atoms with Gasteiger partial charge >= 0.3 is 0 Å².